The van der Waals surface area contributed by atoms with Crippen LogP contribution in [0.25, 0.3) is 0 Å². The zero-order valence-corrected chi connectivity index (χ0v) is 7.68. The number of hydrogen-bond acceptors (Lipinski definition) is 2. The van der Waals surface area contributed by atoms with E-state index in [9.17, 15) is 4.79 Å². The summed E-state index contributed by atoms with van der Waals surface area (Å²) in [5, 5.41) is 6.09. The van der Waals surface area contributed by atoms with E-state index in [1.807, 2.05) is 4.90 Å². The zero-order chi connectivity index (χ0) is 9.10. The largest absolute Gasteiger partial charge is 0.338 e. The maximum absolute atomic E-state index is 11.4. The van der Waals surface area contributed by atoms with E-state index in [0.717, 1.165) is 39.0 Å². The number of nitrogens with zero attached hydrogens (tertiary/aromatic N) is 1. The third-order valence-electron chi connectivity index (χ3n) is 2.47. The van der Waals surface area contributed by atoms with E-state index < -0.39 is 0 Å². The number of amides is 2. The van der Waals surface area contributed by atoms with Crippen LogP contribution < -0.4 is 10.6 Å². The zero-order valence-electron chi connectivity index (χ0n) is 7.68. The minimum atomic E-state index is 0.0689. The third kappa shape index (κ3) is 1.83. The Morgan fingerprint density at radius 3 is 3.00 bits per heavy atom. The van der Waals surface area contributed by atoms with Gasteiger partial charge in [-0.1, -0.05) is 6.08 Å². The lowest BCUT2D eigenvalue weighted by atomic mass is 10.2. The van der Waals surface area contributed by atoms with E-state index in [2.05, 4.69) is 16.7 Å². The Labute approximate surface area is 78.0 Å². The molecule has 0 unspecified atom stereocenters. The molecule has 2 N–H and O–H groups in total. The monoisotopic (exact) mass is 181 g/mol. The van der Waals surface area contributed by atoms with Crippen LogP contribution in [0.3, 0.4) is 0 Å². The number of nitrogens with one attached hydrogen (secondary N) is 2. The van der Waals surface area contributed by atoms with Crippen LogP contribution in [-0.2, 0) is 0 Å². The molecule has 4 nitrogen and oxygen atoms in total. The van der Waals surface area contributed by atoms with Gasteiger partial charge < -0.3 is 10.6 Å². The van der Waals surface area contributed by atoms with Gasteiger partial charge in [-0.15, -0.1) is 0 Å². The fraction of sp³-hybridized carbons (Fsp3) is 0.667. The summed E-state index contributed by atoms with van der Waals surface area (Å²) in [7, 11) is 0. The van der Waals surface area contributed by atoms with Crippen molar-refractivity contribution in [2.75, 3.05) is 26.2 Å². The van der Waals surface area contributed by atoms with Gasteiger partial charge in [0.15, 0.2) is 0 Å². The highest BCUT2D eigenvalue weighted by molar-refractivity contribution is 5.76. The number of carbonyl (C=O) groups excluding carboxylic acids is 1. The number of carbonyl (C=O) groups is 1. The molecule has 0 atom stereocenters. The van der Waals surface area contributed by atoms with Gasteiger partial charge in [0.25, 0.3) is 0 Å². The average molecular weight is 181 g/mol. The Morgan fingerprint density at radius 1 is 1.38 bits per heavy atom. The molecule has 2 rings (SSSR count). The van der Waals surface area contributed by atoms with Gasteiger partial charge in [-0.3, -0.25) is 4.90 Å². The van der Waals surface area contributed by atoms with Crippen LogP contribution in [0, 0.1) is 0 Å². The Bertz CT molecular complexity index is 237. The molecular weight excluding hydrogens is 166 g/mol. The van der Waals surface area contributed by atoms with Crippen molar-refractivity contribution in [3.63, 3.8) is 0 Å². The molecule has 2 aliphatic rings. The van der Waals surface area contributed by atoms with Crippen molar-refractivity contribution in [1.82, 2.24) is 15.5 Å². The molecule has 0 radical (unpaired) electrons. The predicted octanol–water partition coefficient (Wildman–Crippen LogP) is 0.279. The average Bonchev–Trinajstić information content (AvgIpc) is 2.20. The Balaban J connectivity index is 2.04. The molecule has 4 heteroatoms. The molecule has 0 aromatic heterocycles. The normalized spacial score (nSPS) is 23.8. The standard InChI is InChI=1S/C9H15N3O/c13-9-11-4-1-7-12(9)8-2-5-10-6-3-8/h2,10H,1,3-7H2,(H,11,13). The van der Waals surface area contributed by atoms with Crippen molar-refractivity contribution in [3.8, 4) is 0 Å². The van der Waals surface area contributed by atoms with Gasteiger partial charge in [0.1, 0.15) is 0 Å². The highest BCUT2D eigenvalue weighted by Crippen LogP contribution is 2.13. The highest BCUT2D eigenvalue weighted by atomic mass is 16.2. The lowest BCUT2D eigenvalue weighted by Crippen LogP contribution is -2.46. The molecule has 0 aliphatic carbocycles. The first-order chi connectivity index (χ1) is 6.38. The molecule has 2 amide bonds. The lowest BCUT2D eigenvalue weighted by Gasteiger charge is -2.31. The molecule has 0 aromatic rings. The number of hydrogen-bond donors (Lipinski definition) is 2. The third-order valence-corrected chi connectivity index (χ3v) is 2.47. The fourth-order valence-electron chi connectivity index (χ4n) is 1.76. The van der Waals surface area contributed by atoms with Crippen molar-refractivity contribution >= 4 is 6.03 Å². The van der Waals surface area contributed by atoms with E-state index in [-0.39, 0.29) is 6.03 Å². The summed E-state index contributed by atoms with van der Waals surface area (Å²) in [4.78, 5) is 13.3. The van der Waals surface area contributed by atoms with Crippen molar-refractivity contribution < 1.29 is 4.79 Å². The van der Waals surface area contributed by atoms with Gasteiger partial charge in [-0.2, -0.15) is 0 Å². The summed E-state index contributed by atoms with van der Waals surface area (Å²) in [6.07, 6.45) is 4.12. The second kappa shape index (κ2) is 3.79. The molecule has 0 bridgehead atoms. The van der Waals surface area contributed by atoms with Crippen LogP contribution in [0.2, 0.25) is 0 Å². The van der Waals surface area contributed by atoms with Crippen molar-refractivity contribution in [1.29, 1.82) is 0 Å². The SMILES string of the molecule is O=C1NCCCN1C1=CCNCC1. The summed E-state index contributed by atoms with van der Waals surface area (Å²) in [5.74, 6) is 0. The molecule has 2 aliphatic heterocycles. The highest BCUT2D eigenvalue weighted by Gasteiger charge is 2.21. The molecule has 0 saturated carbocycles. The van der Waals surface area contributed by atoms with Crippen LogP contribution in [0.1, 0.15) is 12.8 Å². The van der Waals surface area contributed by atoms with Crippen molar-refractivity contribution in [3.05, 3.63) is 11.8 Å². The van der Waals surface area contributed by atoms with Gasteiger partial charge >= 0.3 is 6.03 Å². The molecule has 1 fully saturated rings. The van der Waals surface area contributed by atoms with Gasteiger partial charge in [-0.05, 0) is 6.42 Å². The first-order valence-electron chi connectivity index (χ1n) is 4.83. The lowest BCUT2D eigenvalue weighted by molar-refractivity contribution is 0.198. The second-order valence-electron chi connectivity index (χ2n) is 3.39. The van der Waals surface area contributed by atoms with Crippen molar-refractivity contribution in [2.24, 2.45) is 0 Å². The maximum atomic E-state index is 11.4. The molecule has 1 saturated heterocycles. The van der Waals surface area contributed by atoms with E-state index in [1.54, 1.807) is 0 Å². The molecule has 0 aromatic carbocycles. The first kappa shape index (κ1) is 8.56. The van der Waals surface area contributed by atoms with E-state index in [4.69, 9.17) is 0 Å². The predicted molar refractivity (Wildman–Crippen MR) is 50.3 cm³/mol. The molecule has 72 valence electrons. The second-order valence-corrected chi connectivity index (χ2v) is 3.39. The Hall–Kier alpha value is -1.03. The smallest absolute Gasteiger partial charge is 0.321 e. The summed E-state index contributed by atoms with van der Waals surface area (Å²) >= 11 is 0. The summed E-state index contributed by atoms with van der Waals surface area (Å²) in [5.41, 5.74) is 1.18. The minimum Gasteiger partial charge on any atom is -0.338 e. The Kier molecular flexibility index (Phi) is 2.49. The van der Waals surface area contributed by atoms with Crippen LogP contribution >= 0.6 is 0 Å². The maximum Gasteiger partial charge on any atom is 0.321 e. The summed E-state index contributed by atoms with van der Waals surface area (Å²) < 4.78 is 0. The van der Waals surface area contributed by atoms with Gasteiger partial charge in [0.05, 0.1) is 0 Å². The summed E-state index contributed by atoms with van der Waals surface area (Å²) in [6, 6.07) is 0.0689. The molecule has 2 heterocycles. The van der Waals surface area contributed by atoms with Gasteiger partial charge in [0, 0.05) is 38.3 Å². The van der Waals surface area contributed by atoms with Crippen LogP contribution in [-0.4, -0.2) is 37.1 Å². The molecule has 13 heavy (non-hydrogen) atoms. The van der Waals surface area contributed by atoms with E-state index >= 15 is 0 Å². The fourth-order valence-corrected chi connectivity index (χ4v) is 1.76. The molecule has 0 spiro atoms. The van der Waals surface area contributed by atoms with Crippen LogP contribution in [0.15, 0.2) is 11.8 Å². The number of rotatable bonds is 1. The van der Waals surface area contributed by atoms with Gasteiger partial charge in [-0.25, -0.2) is 4.79 Å². The van der Waals surface area contributed by atoms with E-state index in [1.165, 1.54) is 5.70 Å². The molecular formula is C9H15N3O. The van der Waals surface area contributed by atoms with E-state index in [0.29, 0.717) is 0 Å². The minimum absolute atomic E-state index is 0.0689. The quantitative estimate of drug-likeness (QED) is 0.610. The Morgan fingerprint density at radius 2 is 2.31 bits per heavy atom. The van der Waals surface area contributed by atoms with Gasteiger partial charge in [0.2, 0.25) is 0 Å². The summed E-state index contributed by atoms with van der Waals surface area (Å²) in [6.45, 7) is 3.56. The van der Waals surface area contributed by atoms with Crippen LogP contribution in [0.5, 0.6) is 0 Å². The number of urea groups is 1. The topological polar surface area (TPSA) is 44.4 Å². The van der Waals surface area contributed by atoms with Crippen molar-refractivity contribution in [2.45, 2.75) is 12.8 Å². The first-order valence-corrected chi connectivity index (χ1v) is 4.83. The van der Waals surface area contributed by atoms with Crippen LogP contribution in [0.4, 0.5) is 4.79 Å².